The van der Waals surface area contributed by atoms with Gasteiger partial charge >= 0.3 is 0 Å². The van der Waals surface area contributed by atoms with Crippen molar-refractivity contribution in [1.82, 2.24) is 10.2 Å². The Hall–Kier alpha value is -2.59. The van der Waals surface area contributed by atoms with E-state index in [1.807, 2.05) is 13.8 Å². The average molecular weight is 669 g/mol. The number of nitrogens with one attached hydrogen (secondary N) is 1. The molecule has 0 heterocycles. The van der Waals surface area contributed by atoms with E-state index < -0.39 is 28.5 Å². The summed E-state index contributed by atoms with van der Waals surface area (Å²) in [7, 11) is -4.15. The van der Waals surface area contributed by atoms with E-state index in [-0.39, 0.29) is 17.3 Å². The van der Waals surface area contributed by atoms with Gasteiger partial charge in [0, 0.05) is 27.6 Å². The molecule has 0 saturated carbocycles. The van der Waals surface area contributed by atoms with Crippen LogP contribution in [0.25, 0.3) is 0 Å². The lowest BCUT2D eigenvalue weighted by Gasteiger charge is -2.32. The number of sulfonamides is 1. The van der Waals surface area contributed by atoms with Crippen molar-refractivity contribution < 1.29 is 18.0 Å². The van der Waals surface area contributed by atoms with E-state index in [0.717, 1.165) is 22.7 Å². The van der Waals surface area contributed by atoms with Gasteiger partial charge in [-0.15, -0.1) is 0 Å². The molecule has 0 aromatic heterocycles. The molecule has 1 unspecified atom stereocenters. The van der Waals surface area contributed by atoms with Crippen LogP contribution in [-0.4, -0.2) is 44.3 Å². The summed E-state index contributed by atoms with van der Waals surface area (Å²) in [4.78, 5) is 28.4. The molecule has 2 amide bonds. The number of aryl methyl sites for hydroxylation is 1. The lowest BCUT2D eigenvalue weighted by molar-refractivity contribution is -0.139. The number of amides is 2. The van der Waals surface area contributed by atoms with Crippen molar-refractivity contribution in [2.75, 3.05) is 17.4 Å². The first kappa shape index (κ1) is 31.9. The van der Waals surface area contributed by atoms with E-state index >= 15 is 0 Å². The highest BCUT2D eigenvalue weighted by Crippen LogP contribution is 2.28. The number of hydrogen-bond acceptors (Lipinski definition) is 4. The minimum atomic E-state index is -4.15. The summed E-state index contributed by atoms with van der Waals surface area (Å²) in [5.74, 6) is -0.915. The largest absolute Gasteiger partial charge is 0.354 e. The van der Waals surface area contributed by atoms with Gasteiger partial charge in [-0.2, -0.15) is 0 Å². The highest BCUT2D eigenvalue weighted by Gasteiger charge is 2.32. The number of benzene rings is 3. The topological polar surface area (TPSA) is 86.8 Å². The SMILES string of the molecule is CCCCNC(=O)C(C)N(Cc1ccc(Cl)cc1Cl)C(=O)CN(c1cccc(Br)c1)S(=O)(=O)c1ccc(C)cc1. The van der Waals surface area contributed by atoms with Gasteiger partial charge in [0.25, 0.3) is 10.0 Å². The number of rotatable bonds is 12. The van der Waals surface area contributed by atoms with E-state index in [1.165, 1.54) is 17.0 Å². The summed E-state index contributed by atoms with van der Waals surface area (Å²) in [5.41, 5.74) is 1.77. The Kier molecular flexibility index (Phi) is 11.5. The zero-order chi connectivity index (χ0) is 29.4. The zero-order valence-corrected chi connectivity index (χ0v) is 26.4. The molecule has 0 spiro atoms. The Morgan fingerprint density at radius 1 is 1.02 bits per heavy atom. The van der Waals surface area contributed by atoms with Crippen molar-refractivity contribution in [1.29, 1.82) is 0 Å². The molecule has 0 aliphatic rings. The normalized spacial score (nSPS) is 12.1. The van der Waals surface area contributed by atoms with E-state index in [9.17, 15) is 18.0 Å². The molecule has 1 atom stereocenters. The van der Waals surface area contributed by atoms with Crippen LogP contribution in [0.2, 0.25) is 10.0 Å². The van der Waals surface area contributed by atoms with Gasteiger partial charge in [-0.1, -0.05) is 82.3 Å². The number of carbonyl (C=O) groups excluding carboxylic acids is 2. The molecule has 3 aromatic carbocycles. The number of nitrogens with zero attached hydrogens (tertiary/aromatic N) is 2. The number of anilines is 1. The molecule has 40 heavy (non-hydrogen) atoms. The fourth-order valence-corrected chi connectivity index (χ4v) is 6.21. The molecule has 3 aromatic rings. The highest BCUT2D eigenvalue weighted by molar-refractivity contribution is 9.10. The molecule has 0 saturated heterocycles. The molecular weight excluding hydrogens is 637 g/mol. The Labute approximate surface area is 254 Å². The summed E-state index contributed by atoms with van der Waals surface area (Å²) >= 11 is 15.9. The summed E-state index contributed by atoms with van der Waals surface area (Å²) < 4.78 is 29.4. The third-order valence-corrected chi connectivity index (χ3v) is 9.20. The molecule has 214 valence electrons. The van der Waals surface area contributed by atoms with Crippen LogP contribution in [0.15, 0.2) is 76.1 Å². The maximum Gasteiger partial charge on any atom is 0.264 e. The fourth-order valence-electron chi connectivity index (χ4n) is 3.95. The van der Waals surface area contributed by atoms with Gasteiger partial charge in [0.2, 0.25) is 11.8 Å². The van der Waals surface area contributed by atoms with Crippen molar-refractivity contribution in [3.63, 3.8) is 0 Å². The standard InChI is InChI=1S/C29H32BrCl2N3O4S/c1-4-5-15-33-29(37)21(3)34(18-22-11-12-24(31)17-27(22)32)28(36)19-35(25-8-6-7-23(30)16-25)40(38,39)26-13-9-20(2)10-14-26/h6-14,16-17,21H,4-5,15,18-19H2,1-3H3,(H,33,37). The number of unbranched alkanes of at least 4 members (excludes halogenated alkanes) is 1. The van der Waals surface area contributed by atoms with Crippen molar-refractivity contribution in [3.8, 4) is 0 Å². The Bertz CT molecular complexity index is 1450. The van der Waals surface area contributed by atoms with Gasteiger partial charge in [-0.25, -0.2) is 8.42 Å². The maximum atomic E-state index is 14.0. The van der Waals surface area contributed by atoms with Gasteiger partial charge < -0.3 is 10.2 Å². The van der Waals surface area contributed by atoms with Crippen LogP contribution >= 0.6 is 39.1 Å². The van der Waals surface area contributed by atoms with Crippen LogP contribution in [0.3, 0.4) is 0 Å². The molecule has 0 aliphatic heterocycles. The second-order valence-electron chi connectivity index (χ2n) is 9.38. The molecule has 3 rings (SSSR count). The molecule has 7 nitrogen and oxygen atoms in total. The van der Waals surface area contributed by atoms with Crippen LogP contribution in [0.1, 0.15) is 37.8 Å². The van der Waals surface area contributed by atoms with E-state index in [0.29, 0.717) is 32.3 Å². The first-order valence-electron chi connectivity index (χ1n) is 12.8. The van der Waals surface area contributed by atoms with Crippen LogP contribution < -0.4 is 9.62 Å². The zero-order valence-electron chi connectivity index (χ0n) is 22.5. The Morgan fingerprint density at radius 3 is 2.35 bits per heavy atom. The number of hydrogen-bond donors (Lipinski definition) is 1. The first-order chi connectivity index (χ1) is 18.9. The molecule has 11 heteroatoms. The smallest absolute Gasteiger partial charge is 0.264 e. The van der Waals surface area contributed by atoms with Crippen LogP contribution in [0, 0.1) is 6.92 Å². The predicted molar refractivity (Wildman–Crippen MR) is 164 cm³/mol. The van der Waals surface area contributed by atoms with Gasteiger partial charge in [0.1, 0.15) is 12.6 Å². The summed E-state index contributed by atoms with van der Waals surface area (Å²) in [5, 5.41) is 3.62. The van der Waals surface area contributed by atoms with E-state index in [4.69, 9.17) is 23.2 Å². The lowest BCUT2D eigenvalue weighted by Crippen LogP contribution is -2.51. The molecular formula is C29H32BrCl2N3O4S. The summed E-state index contributed by atoms with van der Waals surface area (Å²) in [6, 6.07) is 17.1. The minimum Gasteiger partial charge on any atom is -0.354 e. The molecule has 0 bridgehead atoms. The second kappa shape index (κ2) is 14.3. The Balaban J connectivity index is 2.02. The second-order valence-corrected chi connectivity index (χ2v) is 13.0. The summed E-state index contributed by atoms with van der Waals surface area (Å²) in [6.45, 7) is 5.40. The van der Waals surface area contributed by atoms with Crippen molar-refractivity contribution in [2.45, 2.75) is 51.1 Å². The lowest BCUT2D eigenvalue weighted by atomic mass is 10.1. The Morgan fingerprint density at radius 2 is 1.73 bits per heavy atom. The van der Waals surface area contributed by atoms with Crippen LogP contribution in [-0.2, 0) is 26.2 Å². The fraction of sp³-hybridized carbons (Fsp3) is 0.310. The quantitative estimate of drug-likeness (QED) is 0.221. The van der Waals surface area contributed by atoms with Crippen LogP contribution in [0.5, 0.6) is 0 Å². The van der Waals surface area contributed by atoms with Crippen molar-refractivity contribution in [2.24, 2.45) is 0 Å². The minimum absolute atomic E-state index is 0.0197. The monoisotopic (exact) mass is 667 g/mol. The van der Waals surface area contributed by atoms with Crippen molar-refractivity contribution in [3.05, 3.63) is 92.4 Å². The van der Waals surface area contributed by atoms with Crippen LogP contribution in [0.4, 0.5) is 5.69 Å². The number of carbonyl (C=O) groups is 2. The predicted octanol–water partition coefficient (Wildman–Crippen LogP) is 6.59. The van der Waals surface area contributed by atoms with Gasteiger partial charge in [0.05, 0.1) is 10.6 Å². The summed E-state index contributed by atoms with van der Waals surface area (Å²) in [6.07, 6.45) is 1.69. The third kappa shape index (κ3) is 8.22. The van der Waals surface area contributed by atoms with E-state index in [1.54, 1.807) is 61.5 Å². The van der Waals surface area contributed by atoms with Gasteiger partial charge in [-0.3, -0.25) is 13.9 Å². The average Bonchev–Trinajstić information content (AvgIpc) is 2.91. The molecule has 0 fully saturated rings. The molecule has 0 radical (unpaired) electrons. The van der Waals surface area contributed by atoms with E-state index in [2.05, 4.69) is 21.2 Å². The maximum absolute atomic E-state index is 14.0. The number of halogens is 3. The highest BCUT2D eigenvalue weighted by atomic mass is 79.9. The molecule has 1 N–H and O–H groups in total. The molecule has 0 aliphatic carbocycles. The van der Waals surface area contributed by atoms with Gasteiger partial charge in [0.15, 0.2) is 0 Å². The van der Waals surface area contributed by atoms with Crippen molar-refractivity contribution >= 4 is 66.7 Å². The van der Waals surface area contributed by atoms with Gasteiger partial charge in [-0.05, 0) is 68.3 Å². The first-order valence-corrected chi connectivity index (χ1v) is 15.8. The third-order valence-electron chi connectivity index (χ3n) is 6.34.